The van der Waals surface area contributed by atoms with Crippen LogP contribution in [0.15, 0.2) is 24.3 Å². The van der Waals surface area contributed by atoms with Crippen LogP contribution < -0.4 is 0 Å². The number of amides is 2. The molecule has 0 N–H and O–H groups in total. The number of carbonyl (C=O) groups is 2. The molecule has 3 rings (SSSR count). The van der Waals surface area contributed by atoms with Crippen molar-refractivity contribution in [3.63, 3.8) is 0 Å². The maximum Gasteiger partial charge on any atom is 0.250 e. The Bertz CT molecular complexity index is 567. The second-order valence-corrected chi connectivity index (χ2v) is 5.80. The van der Waals surface area contributed by atoms with Crippen molar-refractivity contribution in [2.24, 2.45) is 0 Å². The molecule has 2 aliphatic rings. The minimum atomic E-state index is -0.476. The predicted molar refractivity (Wildman–Crippen MR) is 82.3 cm³/mol. The third-order valence-electron chi connectivity index (χ3n) is 4.34. The molecule has 1 aromatic carbocycles. The van der Waals surface area contributed by atoms with Crippen LogP contribution in [-0.4, -0.2) is 54.5 Å². The average molecular weight is 302 g/mol. The summed E-state index contributed by atoms with van der Waals surface area (Å²) in [5.74, 6) is 0.0735. The zero-order valence-electron chi connectivity index (χ0n) is 13.0. The van der Waals surface area contributed by atoms with Gasteiger partial charge in [-0.05, 0) is 17.5 Å². The number of rotatable bonds is 3. The molecule has 5 heteroatoms. The van der Waals surface area contributed by atoms with E-state index >= 15 is 0 Å². The summed E-state index contributed by atoms with van der Waals surface area (Å²) >= 11 is 0. The van der Waals surface area contributed by atoms with Gasteiger partial charge in [-0.15, -0.1) is 0 Å². The molecule has 5 nitrogen and oxygen atoms in total. The predicted octanol–water partition coefficient (Wildman–Crippen LogP) is 1.38. The van der Waals surface area contributed by atoms with Gasteiger partial charge in [0.15, 0.2) is 0 Å². The van der Waals surface area contributed by atoms with Gasteiger partial charge in [0, 0.05) is 19.6 Å². The van der Waals surface area contributed by atoms with Gasteiger partial charge < -0.3 is 14.5 Å². The number of ether oxygens (including phenoxy) is 1. The van der Waals surface area contributed by atoms with Crippen molar-refractivity contribution >= 4 is 11.8 Å². The summed E-state index contributed by atoms with van der Waals surface area (Å²) in [4.78, 5) is 29.1. The Balaban J connectivity index is 1.95. The highest BCUT2D eigenvalue weighted by Gasteiger charge is 2.38. The molecule has 2 amide bonds. The zero-order chi connectivity index (χ0) is 15.5. The van der Waals surface area contributed by atoms with E-state index in [1.165, 1.54) is 0 Å². The lowest BCUT2D eigenvalue weighted by molar-refractivity contribution is -0.149. The Labute approximate surface area is 130 Å². The fourth-order valence-corrected chi connectivity index (χ4v) is 3.26. The first-order chi connectivity index (χ1) is 10.7. The Morgan fingerprint density at radius 2 is 2.00 bits per heavy atom. The van der Waals surface area contributed by atoms with Crippen LogP contribution in [-0.2, 0) is 20.7 Å². The lowest BCUT2D eigenvalue weighted by Gasteiger charge is -2.39. The molecule has 1 fully saturated rings. The lowest BCUT2D eigenvalue weighted by atomic mass is 9.91. The highest BCUT2D eigenvalue weighted by atomic mass is 16.5. The second-order valence-electron chi connectivity index (χ2n) is 5.80. The number of nitrogens with zero attached hydrogens (tertiary/aromatic N) is 2. The van der Waals surface area contributed by atoms with Gasteiger partial charge in [-0.3, -0.25) is 9.59 Å². The summed E-state index contributed by atoms with van der Waals surface area (Å²) in [6.45, 7) is 5.00. The molecule has 0 radical (unpaired) electrons. The molecular weight excluding hydrogens is 280 g/mol. The molecule has 0 bridgehead atoms. The summed E-state index contributed by atoms with van der Waals surface area (Å²) in [7, 11) is 0. The van der Waals surface area contributed by atoms with Crippen molar-refractivity contribution in [2.45, 2.75) is 25.8 Å². The Hall–Kier alpha value is -1.88. The minimum Gasteiger partial charge on any atom is -0.378 e. The molecular formula is C17H22N2O3. The fourth-order valence-electron chi connectivity index (χ4n) is 3.26. The zero-order valence-corrected chi connectivity index (χ0v) is 13.0. The SMILES string of the molecule is CCCN1C(=O)Cc2ccccc2[C@@H]1C(=O)N1CCOCC1. The van der Waals surface area contributed by atoms with E-state index in [2.05, 4.69) is 0 Å². The van der Waals surface area contributed by atoms with Gasteiger partial charge in [0.2, 0.25) is 11.8 Å². The molecule has 1 atom stereocenters. The van der Waals surface area contributed by atoms with Crippen LogP contribution in [0.4, 0.5) is 0 Å². The highest BCUT2D eigenvalue weighted by Crippen LogP contribution is 2.32. The molecule has 1 saturated heterocycles. The summed E-state index contributed by atoms with van der Waals surface area (Å²) in [5, 5.41) is 0. The second kappa shape index (κ2) is 6.48. The summed E-state index contributed by atoms with van der Waals surface area (Å²) in [5.41, 5.74) is 1.96. The lowest BCUT2D eigenvalue weighted by Crippen LogP contribution is -2.51. The number of benzene rings is 1. The van der Waals surface area contributed by atoms with Crippen molar-refractivity contribution < 1.29 is 14.3 Å². The van der Waals surface area contributed by atoms with E-state index in [4.69, 9.17) is 4.74 Å². The quantitative estimate of drug-likeness (QED) is 0.847. The van der Waals surface area contributed by atoms with Crippen LogP contribution in [0.25, 0.3) is 0 Å². The standard InChI is InChI=1S/C17H22N2O3/c1-2-7-19-15(20)12-13-5-3-4-6-14(13)16(19)17(21)18-8-10-22-11-9-18/h3-6,16H,2,7-12H2,1H3/t16-/m1/s1. The van der Waals surface area contributed by atoms with E-state index in [1.54, 1.807) is 4.90 Å². The molecule has 2 heterocycles. The van der Waals surface area contributed by atoms with E-state index in [1.807, 2.05) is 36.1 Å². The monoisotopic (exact) mass is 302 g/mol. The van der Waals surface area contributed by atoms with Crippen LogP contribution in [0.3, 0.4) is 0 Å². The molecule has 0 unspecified atom stereocenters. The van der Waals surface area contributed by atoms with Gasteiger partial charge in [0.1, 0.15) is 6.04 Å². The van der Waals surface area contributed by atoms with Crippen molar-refractivity contribution in [3.8, 4) is 0 Å². The number of hydrogen-bond donors (Lipinski definition) is 0. The van der Waals surface area contributed by atoms with Crippen molar-refractivity contribution in [3.05, 3.63) is 35.4 Å². The van der Waals surface area contributed by atoms with E-state index in [9.17, 15) is 9.59 Å². The maximum atomic E-state index is 13.0. The molecule has 0 saturated carbocycles. The molecule has 118 valence electrons. The number of fused-ring (bicyclic) bond motifs is 1. The first-order valence-electron chi connectivity index (χ1n) is 7.96. The normalized spacial score (nSPS) is 21.7. The molecule has 1 aromatic rings. The first-order valence-corrected chi connectivity index (χ1v) is 7.96. The smallest absolute Gasteiger partial charge is 0.250 e. The van der Waals surface area contributed by atoms with Crippen molar-refractivity contribution in [2.75, 3.05) is 32.8 Å². The molecule has 0 aromatic heterocycles. The Kier molecular flexibility index (Phi) is 4.43. The van der Waals surface area contributed by atoms with Crippen molar-refractivity contribution in [1.29, 1.82) is 0 Å². The van der Waals surface area contributed by atoms with Crippen LogP contribution in [0, 0.1) is 0 Å². The van der Waals surface area contributed by atoms with E-state index in [0.29, 0.717) is 39.3 Å². The minimum absolute atomic E-state index is 0.0252. The van der Waals surface area contributed by atoms with Gasteiger partial charge >= 0.3 is 0 Å². The molecule has 0 spiro atoms. The number of carbonyl (C=O) groups excluding carboxylic acids is 2. The van der Waals surface area contributed by atoms with Crippen molar-refractivity contribution in [1.82, 2.24) is 9.80 Å². The summed E-state index contributed by atoms with van der Waals surface area (Å²) in [6.07, 6.45) is 1.24. The number of morpholine rings is 1. The van der Waals surface area contributed by atoms with Crippen LogP contribution in [0.1, 0.15) is 30.5 Å². The van der Waals surface area contributed by atoms with Gasteiger partial charge in [-0.1, -0.05) is 31.2 Å². The van der Waals surface area contributed by atoms with Crippen LogP contribution >= 0.6 is 0 Å². The number of hydrogen-bond acceptors (Lipinski definition) is 3. The maximum absolute atomic E-state index is 13.0. The summed E-state index contributed by atoms with van der Waals surface area (Å²) in [6, 6.07) is 7.33. The Morgan fingerprint density at radius 1 is 1.27 bits per heavy atom. The summed E-state index contributed by atoms with van der Waals surface area (Å²) < 4.78 is 5.33. The average Bonchev–Trinajstić information content (AvgIpc) is 2.56. The van der Waals surface area contributed by atoms with E-state index < -0.39 is 6.04 Å². The molecule has 22 heavy (non-hydrogen) atoms. The van der Waals surface area contributed by atoms with Crippen LogP contribution in [0.2, 0.25) is 0 Å². The largest absolute Gasteiger partial charge is 0.378 e. The Morgan fingerprint density at radius 3 is 2.73 bits per heavy atom. The molecule has 0 aliphatic carbocycles. The fraction of sp³-hybridized carbons (Fsp3) is 0.529. The topological polar surface area (TPSA) is 49.9 Å². The van der Waals surface area contributed by atoms with Crippen LogP contribution in [0.5, 0.6) is 0 Å². The highest BCUT2D eigenvalue weighted by molar-refractivity contribution is 5.92. The van der Waals surface area contributed by atoms with Gasteiger partial charge in [0.05, 0.1) is 19.6 Å². The third kappa shape index (κ3) is 2.73. The first kappa shape index (κ1) is 15.0. The van der Waals surface area contributed by atoms with Gasteiger partial charge in [0.25, 0.3) is 0 Å². The van der Waals surface area contributed by atoms with Gasteiger partial charge in [-0.25, -0.2) is 0 Å². The van der Waals surface area contributed by atoms with E-state index in [0.717, 1.165) is 17.5 Å². The third-order valence-corrected chi connectivity index (χ3v) is 4.34. The molecule has 2 aliphatic heterocycles. The van der Waals surface area contributed by atoms with E-state index in [-0.39, 0.29) is 11.8 Å². The van der Waals surface area contributed by atoms with Gasteiger partial charge in [-0.2, -0.15) is 0 Å².